The van der Waals surface area contributed by atoms with Gasteiger partial charge in [-0.05, 0) is 84.9 Å². The number of Topliss-reactive ketones (excluding diaryl/α,β-unsaturated/α-hetero) is 1. The van der Waals surface area contributed by atoms with Gasteiger partial charge in [-0.25, -0.2) is 0 Å². The summed E-state index contributed by atoms with van der Waals surface area (Å²) < 4.78 is 4.92. The summed E-state index contributed by atoms with van der Waals surface area (Å²) in [5, 5.41) is 0. The lowest BCUT2D eigenvalue weighted by atomic mass is 9.41. The molecule has 0 aromatic carbocycles. The van der Waals surface area contributed by atoms with Gasteiger partial charge in [-0.3, -0.25) is 9.59 Å². The first kappa shape index (κ1) is 26.0. The van der Waals surface area contributed by atoms with E-state index in [1.54, 1.807) is 5.57 Å². The molecule has 0 aromatic heterocycles. The van der Waals surface area contributed by atoms with Crippen LogP contribution in [-0.4, -0.2) is 18.9 Å². The monoisotopic (exact) mass is 470 g/mol. The highest BCUT2D eigenvalue weighted by molar-refractivity contribution is 5.85. The maximum absolute atomic E-state index is 12.8. The molecule has 192 valence electrons. The number of ether oxygens (including phenoxy) is 1. The van der Waals surface area contributed by atoms with E-state index in [2.05, 4.69) is 47.6 Å². The lowest BCUT2D eigenvalue weighted by molar-refractivity contribution is -0.146. The second-order valence-corrected chi connectivity index (χ2v) is 13.9. The highest BCUT2D eigenvalue weighted by atomic mass is 16.5. The summed E-state index contributed by atoms with van der Waals surface area (Å²) in [5.41, 5.74) is 2.48. The molecule has 0 heterocycles. The van der Waals surface area contributed by atoms with Crippen LogP contribution in [0.1, 0.15) is 113 Å². The third-order valence-corrected chi connectivity index (χ3v) is 12.2. The maximum atomic E-state index is 12.8. The number of methoxy groups -OCH3 is 1. The zero-order valence-electron chi connectivity index (χ0n) is 23.3. The summed E-state index contributed by atoms with van der Waals surface area (Å²) in [7, 11) is 1.49. The maximum Gasteiger partial charge on any atom is 0.308 e. The number of rotatable bonds is 6. The van der Waals surface area contributed by atoms with Gasteiger partial charge >= 0.3 is 5.97 Å². The number of fused-ring (bicyclic) bond motifs is 5. The predicted octanol–water partition coefficient (Wildman–Crippen LogP) is 7.78. The Labute approximate surface area is 208 Å². The van der Waals surface area contributed by atoms with Gasteiger partial charge in [0.1, 0.15) is 5.78 Å². The molecule has 3 heteroatoms. The first-order chi connectivity index (χ1) is 15.8. The number of carbonyl (C=O) groups is 2. The predicted molar refractivity (Wildman–Crippen MR) is 138 cm³/mol. The second kappa shape index (κ2) is 8.77. The number of esters is 1. The first-order valence-corrected chi connectivity index (χ1v) is 14.1. The van der Waals surface area contributed by atoms with E-state index in [1.807, 2.05) is 6.92 Å². The molecule has 0 aromatic rings. The summed E-state index contributed by atoms with van der Waals surface area (Å²) in [5.74, 6) is 2.98. The van der Waals surface area contributed by atoms with E-state index in [0.717, 1.165) is 38.0 Å². The molecule has 0 aliphatic heterocycles. The Balaban J connectivity index is 1.53. The van der Waals surface area contributed by atoms with Crippen molar-refractivity contribution in [3.63, 3.8) is 0 Å². The molecule has 3 fully saturated rings. The molecule has 4 aliphatic rings. The van der Waals surface area contributed by atoms with Crippen molar-refractivity contribution in [2.24, 2.45) is 51.2 Å². The third-order valence-electron chi connectivity index (χ3n) is 12.2. The molecule has 0 amide bonds. The fraction of sp³-hybridized carbons (Fsp3) is 0.871. The zero-order chi connectivity index (χ0) is 25.1. The highest BCUT2D eigenvalue weighted by Crippen LogP contribution is 2.73. The van der Waals surface area contributed by atoms with Crippen LogP contribution in [-0.2, 0) is 14.3 Å². The number of carbonyl (C=O) groups excluding carboxylic acids is 2. The Hall–Kier alpha value is -1.12. The van der Waals surface area contributed by atoms with Crippen LogP contribution in [0.25, 0.3) is 0 Å². The Bertz CT molecular complexity index is 855. The average Bonchev–Trinajstić information content (AvgIpc) is 3.07. The molecule has 8 atom stereocenters. The molecule has 0 N–H and O–H groups in total. The topological polar surface area (TPSA) is 43.4 Å². The van der Waals surface area contributed by atoms with Gasteiger partial charge in [0.25, 0.3) is 0 Å². The Morgan fingerprint density at radius 3 is 2.44 bits per heavy atom. The molecule has 0 radical (unpaired) electrons. The normalized spacial score (nSPS) is 42.6. The molecule has 8 unspecified atom stereocenters. The van der Waals surface area contributed by atoms with Gasteiger partial charge in [0.15, 0.2) is 0 Å². The van der Waals surface area contributed by atoms with Gasteiger partial charge in [-0.15, -0.1) is 0 Å². The van der Waals surface area contributed by atoms with Crippen molar-refractivity contribution in [1.82, 2.24) is 0 Å². The lowest BCUT2D eigenvalue weighted by Gasteiger charge is -2.63. The summed E-state index contributed by atoms with van der Waals surface area (Å²) in [6.07, 6.45) is 14.0. The number of hydrogen-bond donors (Lipinski definition) is 0. The molecule has 3 nitrogen and oxygen atoms in total. The van der Waals surface area contributed by atoms with Crippen LogP contribution < -0.4 is 0 Å². The van der Waals surface area contributed by atoms with E-state index in [-0.39, 0.29) is 28.1 Å². The van der Waals surface area contributed by atoms with Crippen LogP contribution in [0, 0.1) is 51.2 Å². The number of allylic oxidation sites excluding steroid dienone is 2. The van der Waals surface area contributed by atoms with Gasteiger partial charge in [-0.1, -0.05) is 73.0 Å². The van der Waals surface area contributed by atoms with E-state index in [9.17, 15) is 9.59 Å². The second-order valence-electron chi connectivity index (χ2n) is 13.9. The van der Waals surface area contributed by atoms with Crippen LogP contribution in [0.15, 0.2) is 11.6 Å². The van der Waals surface area contributed by atoms with Gasteiger partial charge in [0.05, 0.1) is 13.0 Å². The van der Waals surface area contributed by atoms with Crippen molar-refractivity contribution in [3.8, 4) is 0 Å². The molecule has 34 heavy (non-hydrogen) atoms. The van der Waals surface area contributed by atoms with Crippen molar-refractivity contribution < 1.29 is 14.3 Å². The summed E-state index contributed by atoms with van der Waals surface area (Å²) in [6.45, 7) is 16.6. The fourth-order valence-corrected chi connectivity index (χ4v) is 9.73. The van der Waals surface area contributed by atoms with E-state index >= 15 is 0 Å². The Morgan fingerprint density at radius 1 is 1.06 bits per heavy atom. The molecular formula is C31H50O3. The summed E-state index contributed by atoms with van der Waals surface area (Å²) in [4.78, 5) is 24.6. The average molecular weight is 471 g/mol. The van der Waals surface area contributed by atoms with Crippen LogP contribution in [0.4, 0.5) is 0 Å². The number of hydrogen-bond acceptors (Lipinski definition) is 3. The van der Waals surface area contributed by atoms with Gasteiger partial charge < -0.3 is 4.74 Å². The van der Waals surface area contributed by atoms with Crippen molar-refractivity contribution in [2.75, 3.05) is 7.11 Å². The van der Waals surface area contributed by atoms with E-state index in [4.69, 9.17) is 4.74 Å². The lowest BCUT2D eigenvalue weighted by Crippen LogP contribution is -2.57. The van der Waals surface area contributed by atoms with Gasteiger partial charge in [0.2, 0.25) is 0 Å². The standard InChI is InChI=1S/C31H50O3/c1-20(10-9-11-21(2)27(33)34-8)22-14-18-31(7)24-12-13-25-28(3,4)26(32)16-17-29(25,5)23(24)15-19-30(22,31)6/h12,20-23,25H,9-11,13-19H2,1-8H3. The van der Waals surface area contributed by atoms with E-state index in [1.165, 1.54) is 39.2 Å². The quantitative estimate of drug-likeness (QED) is 0.294. The molecule has 4 rings (SSSR count). The van der Waals surface area contributed by atoms with E-state index < -0.39 is 0 Å². The van der Waals surface area contributed by atoms with Crippen LogP contribution in [0.5, 0.6) is 0 Å². The SMILES string of the molecule is COC(=O)C(C)CCCC(C)C1CCC2(C)C3=CCC4C(C)(C)C(=O)CCC4(C)C3CCC12C. The first-order valence-electron chi connectivity index (χ1n) is 14.1. The molecule has 0 bridgehead atoms. The molecule has 0 saturated heterocycles. The Kier molecular flexibility index (Phi) is 6.69. The minimum Gasteiger partial charge on any atom is -0.469 e. The van der Waals surface area contributed by atoms with E-state index in [0.29, 0.717) is 29.0 Å². The van der Waals surface area contributed by atoms with Crippen LogP contribution in [0.3, 0.4) is 0 Å². The van der Waals surface area contributed by atoms with Crippen molar-refractivity contribution >= 4 is 11.8 Å². The molecular weight excluding hydrogens is 420 g/mol. The summed E-state index contributed by atoms with van der Waals surface area (Å²) >= 11 is 0. The minimum absolute atomic E-state index is 0.00442. The van der Waals surface area contributed by atoms with Gasteiger partial charge in [0, 0.05) is 11.8 Å². The molecule has 4 aliphatic carbocycles. The van der Waals surface area contributed by atoms with Crippen molar-refractivity contribution in [2.45, 2.75) is 113 Å². The van der Waals surface area contributed by atoms with Crippen molar-refractivity contribution in [3.05, 3.63) is 11.6 Å². The summed E-state index contributed by atoms with van der Waals surface area (Å²) in [6, 6.07) is 0. The largest absolute Gasteiger partial charge is 0.469 e. The fourth-order valence-electron chi connectivity index (χ4n) is 9.73. The molecule has 3 saturated carbocycles. The third kappa shape index (κ3) is 3.65. The number of ketones is 1. The van der Waals surface area contributed by atoms with Gasteiger partial charge in [-0.2, -0.15) is 0 Å². The minimum atomic E-state index is -0.190. The van der Waals surface area contributed by atoms with Crippen LogP contribution in [0.2, 0.25) is 0 Å². The Morgan fingerprint density at radius 2 is 1.76 bits per heavy atom. The molecule has 0 spiro atoms. The zero-order valence-corrected chi connectivity index (χ0v) is 23.3. The highest BCUT2D eigenvalue weighted by Gasteiger charge is 2.65. The smallest absolute Gasteiger partial charge is 0.308 e. The van der Waals surface area contributed by atoms with Crippen LogP contribution >= 0.6 is 0 Å². The van der Waals surface area contributed by atoms with Crippen molar-refractivity contribution in [1.29, 1.82) is 0 Å².